The molecule has 38 heavy (non-hydrogen) atoms. The molecule has 0 aromatic heterocycles. The highest BCUT2D eigenvalue weighted by Crippen LogP contribution is 2.74. The van der Waals surface area contributed by atoms with Gasteiger partial charge in [0.15, 0.2) is 0 Å². The normalized spacial score (nSPS) is 49.6. The van der Waals surface area contributed by atoms with E-state index in [1.165, 1.54) is 0 Å². The average molecular weight is 539 g/mol. The Morgan fingerprint density at radius 3 is 2.24 bits per heavy atom. The van der Waals surface area contributed by atoms with Gasteiger partial charge in [-0.05, 0) is 84.9 Å². The first-order valence-electron chi connectivity index (χ1n) is 14.3. The minimum Gasteiger partial charge on any atom is -0.481 e. The molecule has 0 saturated heterocycles. The zero-order valence-corrected chi connectivity index (χ0v) is 23.9. The average Bonchev–Trinajstić information content (AvgIpc) is 2.82. The van der Waals surface area contributed by atoms with Crippen molar-refractivity contribution in [1.29, 1.82) is 0 Å². The van der Waals surface area contributed by atoms with E-state index in [-0.39, 0.29) is 29.6 Å². The first-order valence-corrected chi connectivity index (χ1v) is 14.3. The molecule has 0 radical (unpaired) electrons. The van der Waals surface area contributed by atoms with Gasteiger partial charge in [0.05, 0.1) is 42.5 Å². The van der Waals surface area contributed by atoms with E-state index in [4.69, 9.17) is 0 Å². The standard InChI is InChI=1S/C30H50O8/c1-25(2)13-18-17-7-8-19-26(3,11-10-22(34)35)20(29(6,38)15-31)9-12-27(19,4)28(17,5)14-21(33)30(18,16-32)24(37)23(25)36/h7,18-21,23-24,31-33,36-38H,8-16H2,1-6H3,(H,34,35)/t18-,19+,20+,21+,23-,24-,26+,27+,28+,29+,30-/m0/s1. The van der Waals surface area contributed by atoms with Crippen molar-refractivity contribution in [3.63, 3.8) is 0 Å². The third-order valence-corrected chi connectivity index (χ3v) is 12.6. The Morgan fingerprint density at radius 1 is 1.05 bits per heavy atom. The summed E-state index contributed by atoms with van der Waals surface area (Å²) in [5.41, 5.74) is -3.56. The lowest BCUT2D eigenvalue weighted by atomic mass is 9.34. The maximum absolute atomic E-state index is 11.7. The number of carboxylic acid groups (broad SMARTS) is 1. The van der Waals surface area contributed by atoms with Crippen molar-refractivity contribution in [3.05, 3.63) is 11.6 Å². The quantitative estimate of drug-likeness (QED) is 0.254. The van der Waals surface area contributed by atoms with E-state index >= 15 is 0 Å². The smallest absolute Gasteiger partial charge is 0.303 e. The molecule has 0 bridgehead atoms. The Hall–Kier alpha value is -1.03. The fourth-order valence-corrected chi connectivity index (χ4v) is 10.1. The molecule has 218 valence electrons. The lowest BCUT2D eigenvalue weighted by molar-refractivity contribution is -0.255. The Morgan fingerprint density at radius 2 is 1.68 bits per heavy atom. The van der Waals surface area contributed by atoms with Crippen molar-refractivity contribution >= 4 is 5.97 Å². The van der Waals surface area contributed by atoms with Crippen LogP contribution in [0.15, 0.2) is 11.6 Å². The predicted molar refractivity (Wildman–Crippen MR) is 142 cm³/mol. The number of hydrogen-bond acceptors (Lipinski definition) is 7. The molecule has 4 rings (SSSR count). The Kier molecular flexibility index (Phi) is 7.29. The molecule has 0 aromatic rings. The number of fused-ring (bicyclic) bond motifs is 5. The van der Waals surface area contributed by atoms with E-state index in [0.717, 1.165) is 12.0 Å². The molecule has 0 aromatic carbocycles. The van der Waals surface area contributed by atoms with Crippen molar-refractivity contribution in [1.82, 2.24) is 0 Å². The third kappa shape index (κ3) is 3.81. The molecule has 8 nitrogen and oxygen atoms in total. The molecule has 0 spiro atoms. The van der Waals surface area contributed by atoms with Crippen LogP contribution in [0.5, 0.6) is 0 Å². The second kappa shape index (κ2) is 9.25. The minimum absolute atomic E-state index is 0.0131. The lowest BCUT2D eigenvalue weighted by Gasteiger charge is -2.71. The molecule has 8 heteroatoms. The number of aliphatic hydroxyl groups is 6. The molecular weight excluding hydrogens is 488 g/mol. The van der Waals surface area contributed by atoms with Crippen LogP contribution in [0, 0.1) is 44.8 Å². The van der Waals surface area contributed by atoms with E-state index in [9.17, 15) is 40.5 Å². The monoisotopic (exact) mass is 538 g/mol. The maximum atomic E-state index is 11.7. The highest BCUT2D eigenvalue weighted by molar-refractivity contribution is 5.66. The zero-order valence-electron chi connectivity index (χ0n) is 23.9. The van der Waals surface area contributed by atoms with Gasteiger partial charge in [0.1, 0.15) is 0 Å². The van der Waals surface area contributed by atoms with Crippen molar-refractivity contribution in [3.8, 4) is 0 Å². The van der Waals surface area contributed by atoms with Gasteiger partial charge >= 0.3 is 5.97 Å². The summed E-state index contributed by atoms with van der Waals surface area (Å²) in [6, 6.07) is 0. The summed E-state index contributed by atoms with van der Waals surface area (Å²) in [5, 5.41) is 75.7. The summed E-state index contributed by atoms with van der Waals surface area (Å²) in [4.78, 5) is 11.7. The number of rotatable bonds is 6. The Labute approximate surface area is 226 Å². The van der Waals surface area contributed by atoms with Gasteiger partial charge in [-0.1, -0.05) is 46.3 Å². The number of allylic oxidation sites excluding steroid dienone is 2. The van der Waals surface area contributed by atoms with Gasteiger partial charge in [-0.25, -0.2) is 0 Å². The fraction of sp³-hybridized carbons (Fsp3) is 0.900. The molecular formula is C30H50O8. The molecule has 4 aliphatic rings. The van der Waals surface area contributed by atoms with Gasteiger partial charge < -0.3 is 35.7 Å². The summed E-state index contributed by atoms with van der Waals surface area (Å²) in [7, 11) is 0. The first-order chi connectivity index (χ1) is 17.4. The maximum Gasteiger partial charge on any atom is 0.303 e. The highest BCUT2D eigenvalue weighted by Gasteiger charge is 2.71. The minimum atomic E-state index is -1.36. The molecule has 0 aliphatic heterocycles. The molecule has 0 unspecified atom stereocenters. The SMILES string of the molecule is CC1(C)C[C@H]2C3=CC[C@@H]4[C@@](C)(CCC(=O)O)[C@H]([C@](C)(O)CO)CC[C@@]4(C)[C@]3(C)C[C@@H](O)[C@@]2(CO)[C@@H](O)[C@@H]1O. The van der Waals surface area contributed by atoms with Gasteiger partial charge in [0, 0.05) is 6.42 Å². The van der Waals surface area contributed by atoms with Gasteiger partial charge in [-0.2, -0.15) is 0 Å². The van der Waals surface area contributed by atoms with Crippen LogP contribution >= 0.6 is 0 Å². The lowest BCUT2D eigenvalue weighted by Crippen LogP contribution is -2.71. The van der Waals surface area contributed by atoms with E-state index in [0.29, 0.717) is 32.1 Å². The van der Waals surface area contributed by atoms with E-state index < -0.39 is 64.8 Å². The molecule has 7 N–H and O–H groups in total. The topological polar surface area (TPSA) is 159 Å². The predicted octanol–water partition coefficient (Wildman–Crippen LogP) is 2.48. The van der Waals surface area contributed by atoms with Gasteiger partial charge in [-0.3, -0.25) is 4.79 Å². The molecule has 0 amide bonds. The van der Waals surface area contributed by atoms with E-state index in [1.54, 1.807) is 6.92 Å². The molecule has 0 heterocycles. The van der Waals surface area contributed by atoms with Crippen molar-refractivity contribution in [2.45, 2.75) is 110 Å². The van der Waals surface area contributed by atoms with Crippen LogP contribution in [-0.4, -0.2) is 78.8 Å². The number of aliphatic carboxylic acids is 1. The van der Waals surface area contributed by atoms with Gasteiger partial charge in [0.25, 0.3) is 0 Å². The van der Waals surface area contributed by atoms with Gasteiger partial charge in [-0.15, -0.1) is 0 Å². The van der Waals surface area contributed by atoms with Crippen LogP contribution in [0.3, 0.4) is 0 Å². The van der Waals surface area contributed by atoms with Crippen molar-refractivity contribution in [2.24, 2.45) is 44.8 Å². The first kappa shape index (κ1) is 29.9. The van der Waals surface area contributed by atoms with Crippen LogP contribution < -0.4 is 0 Å². The fourth-order valence-electron chi connectivity index (χ4n) is 10.1. The number of aliphatic hydroxyl groups excluding tert-OH is 5. The summed E-state index contributed by atoms with van der Waals surface area (Å²) < 4.78 is 0. The van der Waals surface area contributed by atoms with E-state index in [2.05, 4.69) is 26.8 Å². The van der Waals surface area contributed by atoms with E-state index in [1.807, 2.05) is 13.8 Å². The van der Waals surface area contributed by atoms with Crippen molar-refractivity contribution in [2.75, 3.05) is 13.2 Å². The number of carboxylic acids is 1. The van der Waals surface area contributed by atoms with Gasteiger partial charge in [0.2, 0.25) is 0 Å². The van der Waals surface area contributed by atoms with Crippen LogP contribution in [0.25, 0.3) is 0 Å². The Bertz CT molecular complexity index is 975. The molecule has 3 fully saturated rings. The second-order valence-corrected chi connectivity index (χ2v) is 14.8. The summed E-state index contributed by atoms with van der Waals surface area (Å²) >= 11 is 0. The third-order valence-electron chi connectivity index (χ3n) is 12.6. The number of hydrogen-bond donors (Lipinski definition) is 7. The number of carbonyl (C=O) groups is 1. The largest absolute Gasteiger partial charge is 0.481 e. The van der Waals surface area contributed by atoms with Crippen LogP contribution in [0.1, 0.15) is 86.5 Å². The molecule has 11 atom stereocenters. The molecule has 3 saturated carbocycles. The highest BCUT2D eigenvalue weighted by atomic mass is 16.4. The van der Waals surface area contributed by atoms with Crippen LogP contribution in [-0.2, 0) is 4.79 Å². The van der Waals surface area contributed by atoms with Crippen LogP contribution in [0.4, 0.5) is 0 Å². The molecule has 4 aliphatic carbocycles. The van der Waals surface area contributed by atoms with Crippen molar-refractivity contribution < 1.29 is 40.5 Å². The van der Waals surface area contributed by atoms with Crippen LogP contribution in [0.2, 0.25) is 0 Å². The summed E-state index contributed by atoms with van der Waals surface area (Å²) in [5.74, 6) is -1.53. The zero-order chi connectivity index (χ0) is 28.7. The Balaban J connectivity index is 1.87. The summed E-state index contributed by atoms with van der Waals surface area (Å²) in [6.45, 7) is 11.1. The summed E-state index contributed by atoms with van der Waals surface area (Å²) in [6.07, 6.45) is 1.94. The second-order valence-electron chi connectivity index (χ2n) is 14.8.